The molecule has 0 aromatic heterocycles. The average Bonchev–Trinajstić information content (AvgIpc) is 2.23. The average molecular weight is 269 g/mol. The van der Waals surface area contributed by atoms with E-state index < -0.39 is 0 Å². The van der Waals surface area contributed by atoms with Gasteiger partial charge in [-0.15, -0.1) is 0 Å². The first-order chi connectivity index (χ1) is 7.10. The van der Waals surface area contributed by atoms with Gasteiger partial charge in [-0.1, -0.05) is 13.0 Å². The maximum atomic E-state index is 13.2. The van der Waals surface area contributed by atoms with Crippen molar-refractivity contribution in [2.75, 3.05) is 0 Å². The molecular formula is C11H10BrFN2. The quantitative estimate of drug-likeness (QED) is 0.838. The Morgan fingerprint density at radius 3 is 2.73 bits per heavy atom. The molecule has 1 aromatic rings. The molecule has 78 valence electrons. The van der Waals surface area contributed by atoms with Crippen molar-refractivity contribution >= 4 is 21.6 Å². The van der Waals surface area contributed by atoms with Gasteiger partial charge in [0.15, 0.2) is 0 Å². The van der Waals surface area contributed by atoms with Crippen molar-refractivity contribution in [2.45, 2.75) is 13.3 Å². The first-order valence-corrected chi connectivity index (χ1v) is 5.23. The van der Waals surface area contributed by atoms with Crippen molar-refractivity contribution in [3.63, 3.8) is 0 Å². The third-order valence-electron chi connectivity index (χ3n) is 2.04. The van der Waals surface area contributed by atoms with Crippen LogP contribution in [0.3, 0.4) is 0 Å². The summed E-state index contributed by atoms with van der Waals surface area (Å²) in [5.41, 5.74) is 7.10. The van der Waals surface area contributed by atoms with Crippen molar-refractivity contribution in [2.24, 2.45) is 5.73 Å². The highest BCUT2D eigenvalue weighted by molar-refractivity contribution is 9.10. The molecule has 2 N–H and O–H groups in total. The van der Waals surface area contributed by atoms with E-state index in [0.29, 0.717) is 27.7 Å². The second kappa shape index (κ2) is 4.94. The molecule has 0 heterocycles. The Bertz CT molecular complexity index is 446. The van der Waals surface area contributed by atoms with Crippen LogP contribution in [0.1, 0.15) is 18.9 Å². The van der Waals surface area contributed by atoms with Crippen LogP contribution in [0.5, 0.6) is 0 Å². The molecule has 0 spiro atoms. The fourth-order valence-corrected chi connectivity index (χ4v) is 1.41. The molecule has 0 unspecified atom stereocenters. The number of nitriles is 1. The van der Waals surface area contributed by atoms with Crippen LogP contribution in [0.4, 0.5) is 4.39 Å². The van der Waals surface area contributed by atoms with E-state index in [1.165, 1.54) is 6.07 Å². The summed E-state index contributed by atoms with van der Waals surface area (Å²) in [7, 11) is 0. The predicted molar refractivity (Wildman–Crippen MR) is 61.1 cm³/mol. The fraction of sp³-hybridized carbons (Fsp3) is 0.182. The summed E-state index contributed by atoms with van der Waals surface area (Å²) in [4.78, 5) is 0. The molecule has 2 nitrogen and oxygen atoms in total. The maximum Gasteiger partial charge on any atom is 0.138 e. The number of rotatable bonds is 2. The maximum absolute atomic E-state index is 13.2. The zero-order valence-corrected chi connectivity index (χ0v) is 9.81. The fourth-order valence-electron chi connectivity index (χ4n) is 1.17. The van der Waals surface area contributed by atoms with E-state index in [1.807, 2.05) is 13.0 Å². The van der Waals surface area contributed by atoms with Crippen molar-refractivity contribution in [1.29, 1.82) is 5.26 Å². The Morgan fingerprint density at radius 2 is 2.27 bits per heavy atom. The van der Waals surface area contributed by atoms with Gasteiger partial charge in [0.25, 0.3) is 0 Å². The second-order valence-electron chi connectivity index (χ2n) is 2.99. The number of nitrogens with zero attached hydrogens (tertiary/aromatic N) is 1. The van der Waals surface area contributed by atoms with E-state index in [9.17, 15) is 4.39 Å². The summed E-state index contributed by atoms with van der Waals surface area (Å²) < 4.78 is 13.6. The third-order valence-corrected chi connectivity index (χ3v) is 2.69. The minimum atomic E-state index is -0.385. The first-order valence-electron chi connectivity index (χ1n) is 4.44. The molecule has 0 radical (unpaired) electrons. The highest BCUT2D eigenvalue weighted by Gasteiger charge is 2.06. The molecule has 0 bridgehead atoms. The number of nitrogens with two attached hydrogens (primary N) is 1. The van der Waals surface area contributed by atoms with Crippen LogP contribution in [0.15, 0.2) is 28.2 Å². The minimum absolute atomic E-state index is 0.339. The molecule has 1 rings (SSSR count). The Hall–Kier alpha value is -1.34. The van der Waals surface area contributed by atoms with Gasteiger partial charge in [-0.25, -0.2) is 4.39 Å². The monoisotopic (exact) mass is 268 g/mol. The lowest BCUT2D eigenvalue weighted by molar-refractivity contribution is 0.620. The molecule has 0 aliphatic rings. The zero-order chi connectivity index (χ0) is 11.4. The van der Waals surface area contributed by atoms with Gasteiger partial charge in [0.2, 0.25) is 0 Å². The SMILES string of the molecule is CC/C(C#N)=C(/N)c1ccc(Br)c(F)c1. The lowest BCUT2D eigenvalue weighted by Gasteiger charge is -2.05. The molecule has 0 saturated carbocycles. The molecule has 0 fully saturated rings. The predicted octanol–water partition coefficient (Wildman–Crippen LogP) is 3.19. The largest absolute Gasteiger partial charge is 0.397 e. The number of hydrogen-bond donors (Lipinski definition) is 1. The molecule has 4 heteroatoms. The Labute approximate surface area is 96.3 Å². The van der Waals surface area contributed by atoms with Crippen molar-refractivity contribution in [1.82, 2.24) is 0 Å². The lowest BCUT2D eigenvalue weighted by Crippen LogP contribution is -2.01. The molecule has 0 saturated heterocycles. The van der Waals surface area contributed by atoms with Crippen LogP contribution in [0.2, 0.25) is 0 Å². The lowest BCUT2D eigenvalue weighted by atomic mass is 10.1. The number of hydrogen-bond acceptors (Lipinski definition) is 2. The molecule has 0 atom stereocenters. The van der Waals surface area contributed by atoms with Crippen molar-refractivity contribution in [3.8, 4) is 6.07 Å². The molecule has 0 aliphatic heterocycles. The standard InChI is InChI=1S/C11H10BrFN2/c1-2-7(6-14)11(15)8-3-4-9(12)10(13)5-8/h3-5H,2,15H2,1H3/b11-7-. The van der Waals surface area contributed by atoms with E-state index in [1.54, 1.807) is 12.1 Å². The Kier molecular flexibility index (Phi) is 3.87. The Balaban J connectivity index is 3.24. The zero-order valence-electron chi connectivity index (χ0n) is 8.22. The minimum Gasteiger partial charge on any atom is -0.397 e. The highest BCUT2D eigenvalue weighted by Crippen LogP contribution is 2.21. The van der Waals surface area contributed by atoms with Crippen LogP contribution in [-0.4, -0.2) is 0 Å². The third kappa shape index (κ3) is 2.57. The van der Waals surface area contributed by atoms with E-state index >= 15 is 0 Å². The van der Waals surface area contributed by atoms with Gasteiger partial charge in [0, 0.05) is 5.56 Å². The van der Waals surface area contributed by atoms with E-state index in [-0.39, 0.29) is 5.82 Å². The number of benzene rings is 1. The van der Waals surface area contributed by atoms with Gasteiger partial charge in [-0.2, -0.15) is 5.26 Å². The Morgan fingerprint density at radius 1 is 1.60 bits per heavy atom. The van der Waals surface area contributed by atoms with Crippen LogP contribution in [0.25, 0.3) is 5.70 Å². The molecule has 0 aliphatic carbocycles. The normalized spacial score (nSPS) is 11.9. The van der Waals surface area contributed by atoms with Gasteiger partial charge in [-0.05, 0) is 34.5 Å². The van der Waals surface area contributed by atoms with Crippen LogP contribution < -0.4 is 5.73 Å². The van der Waals surface area contributed by atoms with Crippen molar-refractivity contribution < 1.29 is 4.39 Å². The van der Waals surface area contributed by atoms with Crippen LogP contribution >= 0.6 is 15.9 Å². The second-order valence-corrected chi connectivity index (χ2v) is 3.84. The summed E-state index contributed by atoms with van der Waals surface area (Å²) >= 11 is 3.05. The van der Waals surface area contributed by atoms with Crippen LogP contribution in [0, 0.1) is 17.1 Å². The molecular weight excluding hydrogens is 259 g/mol. The highest BCUT2D eigenvalue weighted by atomic mass is 79.9. The number of allylic oxidation sites excluding steroid dienone is 1. The van der Waals surface area contributed by atoms with E-state index in [0.717, 1.165) is 0 Å². The summed E-state index contributed by atoms with van der Waals surface area (Å²) in [6.07, 6.45) is 0.542. The van der Waals surface area contributed by atoms with Gasteiger partial charge < -0.3 is 5.73 Å². The summed E-state index contributed by atoms with van der Waals surface area (Å²) in [6.45, 7) is 1.83. The van der Waals surface area contributed by atoms with Gasteiger partial charge >= 0.3 is 0 Å². The smallest absolute Gasteiger partial charge is 0.138 e. The van der Waals surface area contributed by atoms with E-state index in [4.69, 9.17) is 11.0 Å². The molecule has 0 amide bonds. The topological polar surface area (TPSA) is 49.8 Å². The van der Waals surface area contributed by atoms with Crippen LogP contribution in [-0.2, 0) is 0 Å². The first kappa shape index (κ1) is 11.7. The summed E-state index contributed by atoms with van der Waals surface area (Å²) in [5, 5.41) is 8.79. The van der Waals surface area contributed by atoms with E-state index in [2.05, 4.69) is 15.9 Å². The van der Waals surface area contributed by atoms with Gasteiger partial charge in [-0.3, -0.25) is 0 Å². The molecule has 1 aromatic carbocycles. The summed E-state index contributed by atoms with van der Waals surface area (Å²) in [5.74, 6) is -0.385. The van der Waals surface area contributed by atoms with Gasteiger partial charge in [0.05, 0.1) is 21.8 Å². The molecule has 15 heavy (non-hydrogen) atoms. The number of halogens is 2. The van der Waals surface area contributed by atoms with Crippen molar-refractivity contribution in [3.05, 3.63) is 39.6 Å². The van der Waals surface area contributed by atoms with Gasteiger partial charge in [0.1, 0.15) is 5.82 Å². The summed E-state index contributed by atoms with van der Waals surface area (Å²) in [6, 6.07) is 6.56.